The Bertz CT molecular complexity index is 2310. The van der Waals surface area contributed by atoms with Gasteiger partial charge in [-0.25, -0.2) is 0 Å². The van der Waals surface area contributed by atoms with Gasteiger partial charge in [0.2, 0.25) is 0 Å². The second-order valence-electron chi connectivity index (χ2n) is 12.2. The van der Waals surface area contributed by atoms with E-state index >= 15 is 0 Å². The van der Waals surface area contributed by atoms with Gasteiger partial charge < -0.3 is 0 Å². The third-order valence-electron chi connectivity index (χ3n) is 9.74. The van der Waals surface area contributed by atoms with E-state index in [2.05, 4.69) is 168 Å². The summed E-state index contributed by atoms with van der Waals surface area (Å²) in [6.45, 7) is 0. The summed E-state index contributed by atoms with van der Waals surface area (Å²) >= 11 is -3.65. The molecule has 2 aliphatic carbocycles. The van der Waals surface area contributed by atoms with E-state index in [-0.39, 0.29) is 0 Å². The number of benzene rings is 6. The van der Waals surface area contributed by atoms with Crippen molar-refractivity contribution in [1.29, 1.82) is 0 Å². The van der Waals surface area contributed by atoms with E-state index in [0.717, 1.165) is 0 Å². The van der Waals surface area contributed by atoms with Crippen molar-refractivity contribution < 1.29 is 0 Å². The normalized spacial score (nSPS) is 18.8. The van der Waals surface area contributed by atoms with Crippen LogP contribution in [-0.4, -0.2) is 29.3 Å². The third-order valence-corrected chi connectivity index (χ3v) is 19.2. The van der Waals surface area contributed by atoms with E-state index in [9.17, 15) is 0 Å². The summed E-state index contributed by atoms with van der Waals surface area (Å²) in [5, 5.41) is 5.35. The first-order valence-corrected chi connectivity index (χ1v) is 21.8. The van der Waals surface area contributed by atoms with E-state index in [0.29, 0.717) is 0 Å². The van der Waals surface area contributed by atoms with Gasteiger partial charge in [-0.1, -0.05) is 0 Å². The molecule has 0 saturated heterocycles. The van der Waals surface area contributed by atoms with E-state index in [4.69, 9.17) is 0 Å². The molecule has 0 spiro atoms. The Labute approximate surface area is 278 Å². The Morgan fingerprint density at radius 3 is 1.33 bits per heavy atom. The van der Waals surface area contributed by atoms with Crippen LogP contribution in [0.5, 0.6) is 0 Å². The summed E-state index contributed by atoms with van der Waals surface area (Å²) in [5.74, 6) is 0. The van der Waals surface area contributed by atoms with E-state index in [1.807, 2.05) is 0 Å². The monoisotopic (exact) mass is 706 g/mol. The molecule has 2 aliphatic heterocycles. The first kappa shape index (κ1) is 26.6. The Hall–Kier alpha value is -4.60. The summed E-state index contributed by atoms with van der Waals surface area (Å²) in [4.78, 5) is 5.12. The number of fused-ring (bicyclic) bond motifs is 8. The van der Waals surface area contributed by atoms with E-state index in [1.54, 1.807) is 8.72 Å². The van der Waals surface area contributed by atoms with Crippen LogP contribution in [-0.2, 0) is 0 Å². The quantitative estimate of drug-likeness (QED) is 0.161. The molecule has 0 amide bonds. The molecule has 46 heavy (non-hydrogen) atoms. The molecule has 2 heteroatoms. The second-order valence-corrected chi connectivity index (χ2v) is 20.6. The van der Waals surface area contributed by atoms with Crippen LogP contribution in [0, 0.1) is 0 Å². The van der Waals surface area contributed by atoms with Crippen molar-refractivity contribution in [2.45, 2.75) is 0 Å². The fraction of sp³-hybridized carbons (Fsp3) is 0. The molecule has 0 saturated carbocycles. The van der Waals surface area contributed by atoms with Crippen LogP contribution in [0.3, 0.4) is 0 Å². The van der Waals surface area contributed by atoms with Crippen LogP contribution in [0.25, 0.3) is 56.0 Å². The number of rotatable bonds is 3. The Morgan fingerprint density at radius 1 is 0.391 bits per heavy atom. The minimum absolute atomic E-state index is 1.31. The number of hydrogen-bond donors (Lipinski definition) is 0. The maximum atomic E-state index is 2.56. The van der Waals surface area contributed by atoms with E-state index < -0.39 is 29.3 Å². The molecule has 0 fully saturated rings. The standard InChI is InChI=1S/C44H28As2/c1-7-17-35-29(11-1)21-23-39(45-25-9-19-37-33-15-5-3-13-31(33)27-41(37)45)43(35)44-36-18-8-2-12-30(36)22-24-40(44)46-26-10-20-38-34-16-6-4-14-32(34)28-42(38)46/h1-28H. The molecule has 2 atom stereocenters. The van der Waals surface area contributed by atoms with Crippen LogP contribution in [0.1, 0.15) is 22.3 Å². The van der Waals surface area contributed by atoms with Crippen LogP contribution >= 0.6 is 0 Å². The van der Waals surface area contributed by atoms with Gasteiger partial charge in [0.05, 0.1) is 0 Å². The first-order valence-electron chi connectivity index (χ1n) is 15.9. The molecular weight excluding hydrogens is 678 g/mol. The van der Waals surface area contributed by atoms with Gasteiger partial charge in [-0.3, -0.25) is 0 Å². The zero-order valence-electron chi connectivity index (χ0n) is 25.1. The molecule has 6 aromatic rings. The molecule has 6 aromatic carbocycles. The van der Waals surface area contributed by atoms with Gasteiger partial charge in [0, 0.05) is 0 Å². The predicted octanol–water partition coefficient (Wildman–Crippen LogP) is 9.32. The summed E-state index contributed by atoms with van der Waals surface area (Å²) in [5.41, 5.74) is 11.2. The molecule has 10 rings (SSSR count). The average Bonchev–Trinajstić information content (AvgIpc) is 3.70. The molecular formula is C44H28As2. The molecule has 4 aliphatic rings. The second kappa shape index (κ2) is 10.5. The van der Waals surface area contributed by atoms with Gasteiger partial charge in [-0.05, 0) is 0 Å². The van der Waals surface area contributed by atoms with Gasteiger partial charge in [0.25, 0.3) is 0 Å². The molecule has 214 valence electrons. The fourth-order valence-electron chi connectivity index (χ4n) is 7.69. The molecule has 0 radical (unpaired) electrons. The van der Waals surface area contributed by atoms with Crippen LogP contribution < -0.4 is 8.70 Å². The van der Waals surface area contributed by atoms with Gasteiger partial charge in [0.1, 0.15) is 0 Å². The van der Waals surface area contributed by atoms with Crippen molar-refractivity contribution in [1.82, 2.24) is 0 Å². The van der Waals surface area contributed by atoms with Crippen molar-refractivity contribution >= 4 is 82.8 Å². The molecule has 0 aromatic heterocycles. The molecule has 0 nitrogen and oxygen atoms in total. The van der Waals surface area contributed by atoms with Gasteiger partial charge >= 0.3 is 280 Å². The fourth-order valence-corrected chi connectivity index (χ4v) is 17.3. The van der Waals surface area contributed by atoms with Crippen molar-refractivity contribution in [2.24, 2.45) is 0 Å². The molecule has 0 bridgehead atoms. The van der Waals surface area contributed by atoms with Gasteiger partial charge in [-0.2, -0.15) is 0 Å². The van der Waals surface area contributed by atoms with Gasteiger partial charge in [0.15, 0.2) is 0 Å². The summed E-state index contributed by atoms with van der Waals surface area (Å²) in [6, 6.07) is 45.7. The summed E-state index contributed by atoms with van der Waals surface area (Å²) in [6.07, 6.45) is 14.3. The SMILES string of the molecule is C1=C[As](c2ccc3ccccc3c2-c2c([As]3C=CC=C4C3=Cc3ccccc34)ccc3ccccc23)C2=Cc3ccccc3C2=C1. The Kier molecular flexibility index (Phi) is 6.05. The van der Waals surface area contributed by atoms with Gasteiger partial charge in [-0.15, -0.1) is 0 Å². The van der Waals surface area contributed by atoms with Crippen molar-refractivity contribution in [3.8, 4) is 11.1 Å². The van der Waals surface area contributed by atoms with Crippen molar-refractivity contribution in [3.63, 3.8) is 0 Å². The number of allylic oxidation sites excluding steroid dienone is 8. The maximum absolute atomic E-state index is 2.56. The van der Waals surface area contributed by atoms with Crippen molar-refractivity contribution in [2.75, 3.05) is 0 Å². The van der Waals surface area contributed by atoms with Crippen LogP contribution in [0.2, 0.25) is 0 Å². The zero-order valence-corrected chi connectivity index (χ0v) is 28.8. The summed E-state index contributed by atoms with van der Waals surface area (Å²) in [7, 11) is 0. The Balaban J connectivity index is 1.26. The van der Waals surface area contributed by atoms with Crippen LogP contribution in [0.4, 0.5) is 0 Å². The Morgan fingerprint density at radius 2 is 0.826 bits per heavy atom. The number of hydrogen-bond acceptors (Lipinski definition) is 0. The average molecular weight is 707 g/mol. The predicted molar refractivity (Wildman–Crippen MR) is 201 cm³/mol. The summed E-state index contributed by atoms with van der Waals surface area (Å²) < 4.78 is 6.14. The molecule has 2 heterocycles. The van der Waals surface area contributed by atoms with Crippen molar-refractivity contribution in [3.05, 3.63) is 186 Å². The molecule has 0 N–H and O–H groups in total. The molecule has 2 unspecified atom stereocenters. The third kappa shape index (κ3) is 3.94. The van der Waals surface area contributed by atoms with Crippen LogP contribution in [0.15, 0.2) is 164 Å². The first-order chi connectivity index (χ1) is 22.8. The van der Waals surface area contributed by atoms with E-state index in [1.165, 1.54) is 74.8 Å². The topological polar surface area (TPSA) is 0 Å². The minimum atomic E-state index is -1.82. The zero-order chi connectivity index (χ0) is 30.2.